The number of nitrogens with one attached hydrogen (secondary N) is 2. The summed E-state index contributed by atoms with van der Waals surface area (Å²) in [5.41, 5.74) is 1.41. The molecule has 0 aliphatic rings. The van der Waals surface area contributed by atoms with Gasteiger partial charge >= 0.3 is 6.09 Å². The van der Waals surface area contributed by atoms with Gasteiger partial charge in [0.1, 0.15) is 5.00 Å². The van der Waals surface area contributed by atoms with Gasteiger partial charge in [-0.3, -0.25) is 14.9 Å². The summed E-state index contributed by atoms with van der Waals surface area (Å²) >= 11 is 4.61. The number of amides is 3. The van der Waals surface area contributed by atoms with E-state index in [4.69, 9.17) is 4.74 Å². The SMILES string of the molecule is CCOC(=O)NC(=O)c1c(NC(=O)c2ccccc2Br)sc(C)c1C. The van der Waals surface area contributed by atoms with Crippen molar-refractivity contribution in [3.05, 3.63) is 50.3 Å². The number of benzene rings is 1. The smallest absolute Gasteiger partial charge is 0.414 e. The minimum Gasteiger partial charge on any atom is -0.450 e. The molecule has 0 bridgehead atoms. The van der Waals surface area contributed by atoms with E-state index in [9.17, 15) is 14.4 Å². The van der Waals surface area contributed by atoms with Gasteiger partial charge in [-0.1, -0.05) is 12.1 Å². The van der Waals surface area contributed by atoms with Crippen LogP contribution in [0, 0.1) is 13.8 Å². The van der Waals surface area contributed by atoms with Crippen molar-refractivity contribution in [3.8, 4) is 0 Å². The van der Waals surface area contributed by atoms with Crippen LogP contribution in [-0.4, -0.2) is 24.5 Å². The third-order valence-corrected chi connectivity index (χ3v) is 5.26. The van der Waals surface area contributed by atoms with Crippen LogP contribution >= 0.6 is 27.3 Å². The Kier molecular flexibility index (Phi) is 6.33. The number of ether oxygens (including phenoxy) is 1. The first-order valence-electron chi connectivity index (χ1n) is 7.49. The Morgan fingerprint density at radius 1 is 1.16 bits per heavy atom. The zero-order valence-corrected chi connectivity index (χ0v) is 16.3. The molecule has 0 spiro atoms. The molecule has 6 nitrogen and oxygen atoms in total. The van der Waals surface area contributed by atoms with Crippen LogP contribution in [0.15, 0.2) is 28.7 Å². The first-order valence-corrected chi connectivity index (χ1v) is 9.10. The van der Waals surface area contributed by atoms with Crippen molar-refractivity contribution < 1.29 is 19.1 Å². The van der Waals surface area contributed by atoms with Gasteiger partial charge < -0.3 is 10.1 Å². The third-order valence-electron chi connectivity index (χ3n) is 3.45. The molecule has 2 rings (SSSR count). The summed E-state index contributed by atoms with van der Waals surface area (Å²) in [7, 11) is 0. The average Bonchev–Trinajstić information content (AvgIpc) is 2.82. The van der Waals surface area contributed by atoms with Gasteiger partial charge in [0.25, 0.3) is 11.8 Å². The van der Waals surface area contributed by atoms with Crippen LogP contribution in [0.25, 0.3) is 0 Å². The summed E-state index contributed by atoms with van der Waals surface area (Å²) in [5.74, 6) is -0.957. The standard InChI is InChI=1S/C17H17BrN2O4S/c1-4-24-17(23)20-15(22)13-9(2)10(3)25-16(13)19-14(21)11-7-5-6-8-12(11)18/h5-8H,4H2,1-3H3,(H,19,21)(H,20,22,23). The molecular weight excluding hydrogens is 408 g/mol. The van der Waals surface area contributed by atoms with E-state index >= 15 is 0 Å². The lowest BCUT2D eigenvalue weighted by atomic mass is 10.1. The molecule has 132 valence electrons. The van der Waals surface area contributed by atoms with Crippen LogP contribution < -0.4 is 10.6 Å². The highest BCUT2D eigenvalue weighted by atomic mass is 79.9. The van der Waals surface area contributed by atoms with E-state index in [2.05, 4.69) is 26.6 Å². The van der Waals surface area contributed by atoms with Gasteiger partial charge in [0.15, 0.2) is 0 Å². The largest absolute Gasteiger partial charge is 0.450 e. The quantitative estimate of drug-likeness (QED) is 0.767. The van der Waals surface area contributed by atoms with Crippen molar-refractivity contribution in [2.45, 2.75) is 20.8 Å². The maximum absolute atomic E-state index is 12.5. The summed E-state index contributed by atoms with van der Waals surface area (Å²) < 4.78 is 5.37. The van der Waals surface area contributed by atoms with Gasteiger partial charge in [0.2, 0.25) is 0 Å². The van der Waals surface area contributed by atoms with Crippen LogP contribution in [-0.2, 0) is 4.74 Å². The summed E-state index contributed by atoms with van der Waals surface area (Å²) in [5, 5.41) is 5.30. The number of imide groups is 1. The normalized spacial score (nSPS) is 10.2. The lowest BCUT2D eigenvalue weighted by Gasteiger charge is -2.09. The molecule has 25 heavy (non-hydrogen) atoms. The van der Waals surface area contributed by atoms with E-state index < -0.39 is 12.0 Å². The predicted molar refractivity (Wildman–Crippen MR) is 100 cm³/mol. The van der Waals surface area contributed by atoms with Crippen molar-refractivity contribution >= 4 is 50.2 Å². The number of hydrogen-bond donors (Lipinski definition) is 2. The lowest BCUT2D eigenvalue weighted by molar-refractivity contribution is 0.0925. The summed E-state index contributed by atoms with van der Waals surface area (Å²) in [6, 6.07) is 6.98. The second-order valence-corrected chi connectivity index (χ2v) is 7.18. The van der Waals surface area contributed by atoms with E-state index in [1.807, 2.05) is 6.92 Å². The van der Waals surface area contributed by atoms with E-state index in [-0.39, 0.29) is 18.1 Å². The van der Waals surface area contributed by atoms with Gasteiger partial charge in [-0.2, -0.15) is 0 Å². The van der Waals surface area contributed by atoms with Crippen molar-refractivity contribution in [1.82, 2.24) is 5.32 Å². The molecule has 2 aromatic rings. The highest BCUT2D eigenvalue weighted by Crippen LogP contribution is 2.33. The second kappa shape index (κ2) is 8.26. The first kappa shape index (κ1) is 19.1. The molecule has 0 saturated carbocycles. The fourth-order valence-electron chi connectivity index (χ4n) is 2.13. The number of thiophene rings is 1. The Bertz CT molecular complexity index is 832. The number of anilines is 1. The Labute approximate surface area is 157 Å². The van der Waals surface area contributed by atoms with E-state index in [0.717, 1.165) is 4.88 Å². The zero-order chi connectivity index (χ0) is 18.6. The Morgan fingerprint density at radius 3 is 2.48 bits per heavy atom. The van der Waals surface area contributed by atoms with Gasteiger partial charge in [0, 0.05) is 9.35 Å². The van der Waals surface area contributed by atoms with Crippen molar-refractivity contribution in [3.63, 3.8) is 0 Å². The minimum atomic E-state index is -0.821. The molecule has 3 amide bonds. The fourth-order valence-corrected chi connectivity index (χ4v) is 3.64. The highest BCUT2D eigenvalue weighted by molar-refractivity contribution is 9.10. The van der Waals surface area contributed by atoms with Crippen LogP contribution in [0.5, 0.6) is 0 Å². The molecule has 0 fully saturated rings. The minimum absolute atomic E-state index is 0.159. The highest BCUT2D eigenvalue weighted by Gasteiger charge is 2.23. The molecule has 2 N–H and O–H groups in total. The van der Waals surface area contributed by atoms with Gasteiger partial charge in [-0.25, -0.2) is 4.79 Å². The Balaban J connectivity index is 2.29. The molecule has 1 heterocycles. The molecule has 1 aromatic carbocycles. The van der Waals surface area contributed by atoms with Crippen molar-refractivity contribution in [2.24, 2.45) is 0 Å². The van der Waals surface area contributed by atoms with Crippen LogP contribution in [0.2, 0.25) is 0 Å². The van der Waals surface area contributed by atoms with Crippen LogP contribution in [0.3, 0.4) is 0 Å². The molecule has 1 aromatic heterocycles. The van der Waals surface area contributed by atoms with E-state index in [1.54, 1.807) is 38.1 Å². The molecule has 0 saturated heterocycles. The van der Waals surface area contributed by atoms with Gasteiger partial charge in [-0.15, -0.1) is 11.3 Å². The van der Waals surface area contributed by atoms with Crippen molar-refractivity contribution in [2.75, 3.05) is 11.9 Å². The maximum atomic E-state index is 12.5. The molecule has 0 aliphatic heterocycles. The van der Waals surface area contributed by atoms with E-state index in [0.29, 0.717) is 20.6 Å². The van der Waals surface area contributed by atoms with Crippen LogP contribution in [0.4, 0.5) is 9.80 Å². The number of carbonyl (C=O) groups is 3. The monoisotopic (exact) mass is 424 g/mol. The maximum Gasteiger partial charge on any atom is 0.414 e. The number of aryl methyl sites for hydroxylation is 1. The molecule has 0 atom stereocenters. The molecule has 0 unspecified atom stereocenters. The topological polar surface area (TPSA) is 84.5 Å². The predicted octanol–water partition coefficient (Wildman–Crippen LogP) is 4.27. The number of alkyl carbamates (subject to hydrolysis) is 1. The average molecular weight is 425 g/mol. The number of hydrogen-bond acceptors (Lipinski definition) is 5. The third kappa shape index (κ3) is 4.46. The second-order valence-electron chi connectivity index (χ2n) is 5.10. The molecule has 0 radical (unpaired) electrons. The van der Waals surface area contributed by atoms with Crippen LogP contribution in [0.1, 0.15) is 38.1 Å². The van der Waals surface area contributed by atoms with Gasteiger partial charge in [-0.05, 0) is 54.4 Å². The molecular formula is C17H17BrN2O4S. The fraction of sp³-hybridized carbons (Fsp3) is 0.235. The van der Waals surface area contributed by atoms with Crippen molar-refractivity contribution in [1.29, 1.82) is 0 Å². The first-order chi connectivity index (χ1) is 11.8. The lowest BCUT2D eigenvalue weighted by Crippen LogP contribution is -2.32. The number of rotatable bonds is 4. The van der Waals surface area contributed by atoms with Gasteiger partial charge in [0.05, 0.1) is 17.7 Å². The summed E-state index contributed by atoms with van der Waals surface area (Å²) in [6.45, 7) is 5.41. The summed E-state index contributed by atoms with van der Waals surface area (Å²) in [4.78, 5) is 37.3. The molecule has 8 heteroatoms. The Morgan fingerprint density at radius 2 is 1.84 bits per heavy atom. The number of halogens is 1. The number of carbonyl (C=O) groups excluding carboxylic acids is 3. The Hall–Kier alpha value is -2.19. The molecule has 0 aliphatic carbocycles. The van der Waals surface area contributed by atoms with E-state index in [1.165, 1.54) is 11.3 Å². The zero-order valence-electron chi connectivity index (χ0n) is 13.9. The summed E-state index contributed by atoms with van der Waals surface area (Å²) in [6.07, 6.45) is -0.821.